The number of anilines is 1. The van der Waals surface area contributed by atoms with Gasteiger partial charge in [0, 0.05) is 25.9 Å². The second-order valence-corrected chi connectivity index (χ2v) is 4.87. The third-order valence-electron chi connectivity index (χ3n) is 2.73. The number of carbonyl (C=O) groups excluding carboxylic acids is 1. The van der Waals surface area contributed by atoms with Crippen molar-refractivity contribution in [1.29, 1.82) is 0 Å². The smallest absolute Gasteiger partial charge is 0.385 e. The van der Waals surface area contributed by atoms with Crippen molar-refractivity contribution in [3.05, 3.63) is 17.7 Å². The highest BCUT2D eigenvalue weighted by atomic mass is 19.4. The summed E-state index contributed by atoms with van der Waals surface area (Å²) >= 11 is 0. The van der Waals surface area contributed by atoms with Gasteiger partial charge >= 0.3 is 6.18 Å². The molecule has 2 N–H and O–H groups in total. The van der Waals surface area contributed by atoms with E-state index in [1.165, 1.54) is 6.20 Å². The molecule has 118 valence electrons. The van der Waals surface area contributed by atoms with Crippen LogP contribution < -0.4 is 10.6 Å². The van der Waals surface area contributed by atoms with E-state index in [1.807, 2.05) is 13.8 Å². The lowest BCUT2D eigenvalue weighted by Gasteiger charge is -2.12. The van der Waals surface area contributed by atoms with Gasteiger partial charge in [-0.25, -0.2) is 9.97 Å². The van der Waals surface area contributed by atoms with Crippen LogP contribution in [0.25, 0.3) is 0 Å². The zero-order valence-corrected chi connectivity index (χ0v) is 12.2. The van der Waals surface area contributed by atoms with Gasteiger partial charge in [-0.05, 0) is 6.42 Å². The standard InChI is InChI=1S/C13H19F3N4O/c1-8(2)11-19-7-9(17-3)10(20-11)12(21)18-6-4-5-13(14,15)16/h7-8,17H,4-6H2,1-3H3,(H,18,21). The van der Waals surface area contributed by atoms with Crippen molar-refractivity contribution in [2.24, 2.45) is 0 Å². The molecule has 5 nitrogen and oxygen atoms in total. The summed E-state index contributed by atoms with van der Waals surface area (Å²) in [6.07, 6.45) is -3.80. The minimum atomic E-state index is -4.21. The third-order valence-corrected chi connectivity index (χ3v) is 2.73. The van der Waals surface area contributed by atoms with Crippen LogP contribution in [0.15, 0.2) is 6.20 Å². The van der Waals surface area contributed by atoms with Gasteiger partial charge in [0.1, 0.15) is 5.82 Å². The van der Waals surface area contributed by atoms with Crippen molar-refractivity contribution in [2.45, 2.75) is 38.8 Å². The highest BCUT2D eigenvalue weighted by Gasteiger charge is 2.26. The Balaban J connectivity index is 2.70. The molecule has 0 radical (unpaired) electrons. The number of rotatable bonds is 6. The minimum absolute atomic E-state index is 0.0488. The van der Waals surface area contributed by atoms with Crippen molar-refractivity contribution in [3.63, 3.8) is 0 Å². The Kier molecular flexibility index (Phi) is 5.92. The van der Waals surface area contributed by atoms with E-state index in [0.29, 0.717) is 11.5 Å². The fourth-order valence-electron chi connectivity index (χ4n) is 1.60. The topological polar surface area (TPSA) is 66.9 Å². The fraction of sp³-hybridized carbons (Fsp3) is 0.615. The summed E-state index contributed by atoms with van der Waals surface area (Å²) in [5.41, 5.74) is 0.580. The van der Waals surface area contributed by atoms with E-state index in [1.54, 1.807) is 7.05 Å². The molecule has 0 unspecified atom stereocenters. The summed E-state index contributed by atoms with van der Waals surface area (Å²) in [7, 11) is 1.62. The number of nitrogens with zero attached hydrogens (tertiary/aromatic N) is 2. The minimum Gasteiger partial charge on any atom is -0.385 e. The maximum Gasteiger partial charge on any atom is 0.389 e. The van der Waals surface area contributed by atoms with Crippen LogP contribution in [0.5, 0.6) is 0 Å². The summed E-state index contributed by atoms with van der Waals surface area (Å²) in [6.45, 7) is 3.72. The summed E-state index contributed by atoms with van der Waals surface area (Å²) in [5.74, 6) is 0.0490. The zero-order chi connectivity index (χ0) is 16.0. The first kappa shape index (κ1) is 17.2. The van der Waals surface area contributed by atoms with Crippen LogP contribution in [-0.2, 0) is 0 Å². The second kappa shape index (κ2) is 7.24. The quantitative estimate of drug-likeness (QED) is 0.793. The predicted molar refractivity (Wildman–Crippen MR) is 73.3 cm³/mol. The zero-order valence-electron chi connectivity index (χ0n) is 12.2. The Morgan fingerprint density at radius 1 is 1.38 bits per heavy atom. The van der Waals surface area contributed by atoms with Crippen molar-refractivity contribution < 1.29 is 18.0 Å². The summed E-state index contributed by atoms with van der Waals surface area (Å²) in [5, 5.41) is 5.23. The molecule has 1 heterocycles. The van der Waals surface area contributed by atoms with Gasteiger partial charge in [-0.3, -0.25) is 4.79 Å². The average Bonchev–Trinajstić information content (AvgIpc) is 2.41. The molecule has 8 heteroatoms. The lowest BCUT2D eigenvalue weighted by Crippen LogP contribution is -2.27. The van der Waals surface area contributed by atoms with E-state index in [-0.39, 0.29) is 24.6 Å². The number of alkyl halides is 3. The molecule has 1 rings (SSSR count). The number of hydrogen-bond acceptors (Lipinski definition) is 4. The fourth-order valence-corrected chi connectivity index (χ4v) is 1.60. The van der Waals surface area contributed by atoms with E-state index in [9.17, 15) is 18.0 Å². The van der Waals surface area contributed by atoms with Gasteiger partial charge in [0.25, 0.3) is 5.91 Å². The molecule has 0 spiro atoms. The maximum absolute atomic E-state index is 12.0. The molecule has 1 aromatic rings. The number of halogens is 3. The molecular formula is C13H19F3N4O. The number of hydrogen-bond donors (Lipinski definition) is 2. The van der Waals surface area contributed by atoms with E-state index >= 15 is 0 Å². The Bertz CT molecular complexity index is 489. The van der Waals surface area contributed by atoms with Gasteiger partial charge in [-0.1, -0.05) is 13.8 Å². The van der Waals surface area contributed by atoms with E-state index in [2.05, 4.69) is 20.6 Å². The van der Waals surface area contributed by atoms with Crippen molar-refractivity contribution in [1.82, 2.24) is 15.3 Å². The molecule has 0 atom stereocenters. The lowest BCUT2D eigenvalue weighted by molar-refractivity contribution is -0.135. The monoisotopic (exact) mass is 304 g/mol. The van der Waals surface area contributed by atoms with Gasteiger partial charge in [-0.2, -0.15) is 13.2 Å². The SMILES string of the molecule is CNc1cnc(C(C)C)nc1C(=O)NCCCC(F)(F)F. The lowest BCUT2D eigenvalue weighted by atomic mass is 10.2. The van der Waals surface area contributed by atoms with E-state index in [4.69, 9.17) is 0 Å². The molecule has 0 bridgehead atoms. The van der Waals surface area contributed by atoms with Gasteiger partial charge in [-0.15, -0.1) is 0 Å². The van der Waals surface area contributed by atoms with Crippen molar-refractivity contribution >= 4 is 11.6 Å². The molecule has 0 fully saturated rings. The Hall–Kier alpha value is -1.86. The average molecular weight is 304 g/mol. The summed E-state index contributed by atoms with van der Waals surface area (Å²) < 4.78 is 36.1. The number of aromatic nitrogens is 2. The van der Waals surface area contributed by atoms with Gasteiger partial charge < -0.3 is 10.6 Å². The Labute approximate surface area is 121 Å². The largest absolute Gasteiger partial charge is 0.389 e. The molecule has 0 aliphatic rings. The van der Waals surface area contributed by atoms with Crippen LogP contribution in [0.2, 0.25) is 0 Å². The van der Waals surface area contributed by atoms with Crippen molar-refractivity contribution in [2.75, 3.05) is 18.9 Å². The summed E-state index contributed by atoms with van der Waals surface area (Å²) in [6, 6.07) is 0. The molecule has 0 saturated carbocycles. The number of amides is 1. The molecule has 0 aromatic carbocycles. The first-order valence-electron chi connectivity index (χ1n) is 6.64. The van der Waals surface area contributed by atoms with Gasteiger partial charge in [0.05, 0.1) is 11.9 Å². The Morgan fingerprint density at radius 2 is 2.05 bits per heavy atom. The number of nitrogens with one attached hydrogen (secondary N) is 2. The molecule has 0 aliphatic heterocycles. The molecule has 21 heavy (non-hydrogen) atoms. The maximum atomic E-state index is 12.0. The van der Waals surface area contributed by atoms with Gasteiger partial charge in [0.2, 0.25) is 0 Å². The van der Waals surface area contributed by atoms with Crippen LogP contribution in [0.4, 0.5) is 18.9 Å². The van der Waals surface area contributed by atoms with Crippen LogP contribution >= 0.6 is 0 Å². The highest BCUT2D eigenvalue weighted by Crippen LogP contribution is 2.21. The van der Waals surface area contributed by atoms with E-state index < -0.39 is 18.5 Å². The normalized spacial score (nSPS) is 11.6. The first-order valence-corrected chi connectivity index (χ1v) is 6.64. The highest BCUT2D eigenvalue weighted by molar-refractivity contribution is 5.97. The van der Waals surface area contributed by atoms with Crippen molar-refractivity contribution in [3.8, 4) is 0 Å². The molecule has 0 saturated heterocycles. The number of carbonyl (C=O) groups is 1. The third kappa shape index (κ3) is 5.57. The second-order valence-electron chi connectivity index (χ2n) is 4.87. The van der Waals surface area contributed by atoms with Crippen LogP contribution in [0, 0.1) is 0 Å². The first-order chi connectivity index (χ1) is 9.74. The molecular weight excluding hydrogens is 285 g/mol. The Morgan fingerprint density at radius 3 is 2.57 bits per heavy atom. The summed E-state index contributed by atoms with van der Waals surface area (Å²) in [4.78, 5) is 20.3. The molecule has 0 aliphatic carbocycles. The molecule has 1 aromatic heterocycles. The van der Waals surface area contributed by atoms with Crippen LogP contribution in [-0.4, -0.2) is 35.6 Å². The molecule has 1 amide bonds. The van der Waals surface area contributed by atoms with E-state index in [0.717, 1.165) is 0 Å². The van der Waals surface area contributed by atoms with Crippen LogP contribution in [0.3, 0.4) is 0 Å². The van der Waals surface area contributed by atoms with Gasteiger partial charge in [0.15, 0.2) is 5.69 Å². The predicted octanol–water partition coefficient (Wildman–Crippen LogP) is 2.71. The van der Waals surface area contributed by atoms with Crippen LogP contribution in [0.1, 0.15) is 48.9 Å².